The largest absolute Gasteiger partial charge is 0.367 e. The van der Waals surface area contributed by atoms with E-state index in [1.807, 2.05) is 18.2 Å². The zero-order chi connectivity index (χ0) is 22.0. The van der Waals surface area contributed by atoms with Gasteiger partial charge in [-0.15, -0.1) is 11.3 Å². The standard InChI is InChI=1S/C23H29N5O2S2/c29-32(30,21-6-3-13-31-21)25-15-17-9-7-16(8-10-17)14-24-23-27-20-5-2-1-4-19(20)22(28-23)26-18-11-12-18/h1-6,13,16-18,25H,7-12,14-15H2,(H2,24,26,27,28)/t16-,17-. The molecule has 2 aromatic heterocycles. The highest BCUT2D eigenvalue weighted by molar-refractivity contribution is 7.91. The molecular weight excluding hydrogens is 442 g/mol. The molecule has 2 aliphatic carbocycles. The molecule has 3 N–H and O–H groups in total. The lowest BCUT2D eigenvalue weighted by Crippen LogP contribution is -2.32. The fourth-order valence-electron chi connectivity index (χ4n) is 4.28. The van der Waals surface area contributed by atoms with Crippen molar-refractivity contribution in [2.75, 3.05) is 23.7 Å². The number of benzene rings is 1. The predicted molar refractivity (Wildman–Crippen MR) is 130 cm³/mol. The summed E-state index contributed by atoms with van der Waals surface area (Å²) in [5.74, 6) is 2.54. The summed E-state index contributed by atoms with van der Waals surface area (Å²) in [4.78, 5) is 9.46. The Morgan fingerprint density at radius 2 is 1.66 bits per heavy atom. The van der Waals surface area contributed by atoms with Gasteiger partial charge in [0.05, 0.1) is 5.52 Å². The van der Waals surface area contributed by atoms with Crippen molar-refractivity contribution in [3.63, 3.8) is 0 Å². The van der Waals surface area contributed by atoms with E-state index in [4.69, 9.17) is 9.97 Å². The topological polar surface area (TPSA) is 96.0 Å². The molecule has 1 aromatic carbocycles. The molecule has 0 unspecified atom stereocenters. The highest BCUT2D eigenvalue weighted by atomic mass is 32.2. The predicted octanol–water partition coefficient (Wildman–Crippen LogP) is 4.46. The molecule has 0 spiro atoms. The molecule has 0 radical (unpaired) electrons. The lowest BCUT2D eigenvalue weighted by molar-refractivity contribution is 0.284. The van der Waals surface area contributed by atoms with Crippen LogP contribution in [0.1, 0.15) is 38.5 Å². The van der Waals surface area contributed by atoms with Gasteiger partial charge < -0.3 is 10.6 Å². The van der Waals surface area contributed by atoms with Gasteiger partial charge in [-0.3, -0.25) is 0 Å². The number of hydrogen-bond donors (Lipinski definition) is 3. The van der Waals surface area contributed by atoms with Crippen molar-refractivity contribution in [1.82, 2.24) is 14.7 Å². The number of nitrogens with one attached hydrogen (secondary N) is 3. The van der Waals surface area contributed by atoms with E-state index in [0.717, 1.165) is 48.9 Å². The Hall–Kier alpha value is -2.23. The van der Waals surface area contributed by atoms with E-state index in [-0.39, 0.29) is 0 Å². The van der Waals surface area contributed by atoms with Gasteiger partial charge >= 0.3 is 0 Å². The molecular formula is C23H29N5O2S2. The maximum absolute atomic E-state index is 12.3. The summed E-state index contributed by atoms with van der Waals surface area (Å²) in [5.41, 5.74) is 0.954. The van der Waals surface area contributed by atoms with E-state index < -0.39 is 10.0 Å². The Labute approximate surface area is 193 Å². The Kier molecular flexibility index (Phi) is 6.30. The molecule has 3 aromatic rings. The average Bonchev–Trinajstić information content (AvgIpc) is 3.44. The maximum Gasteiger partial charge on any atom is 0.250 e. The van der Waals surface area contributed by atoms with E-state index in [2.05, 4.69) is 21.4 Å². The van der Waals surface area contributed by atoms with Crippen molar-refractivity contribution in [3.05, 3.63) is 41.8 Å². The number of rotatable bonds is 9. The van der Waals surface area contributed by atoms with Crippen LogP contribution in [0.15, 0.2) is 46.0 Å². The molecule has 32 heavy (non-hydrogen) atoms. The van der Waals surface area contributed by atoms with Gasteiger partial charge in [-0.25, -0.2) is 18.1 Å². The van der Waals surface area contributed by atoms with Crippen LogP contribution in [0, 0.1) is 11.8 Å². The molecule has 2 saturated carbocycles. The van der Waals surface area contributed by atoms with Crippen LogP contribution in [0.25, 0.3) is 10.9 Å². The second kappa shape index (κ2) is 9.33. The van der Waals surface area contributed by atoms with E-state index in [0.29, 0.717) is 34.6 Å². The molecule has 0 amide bonds. The summed E-state index contributed by atoms with van der Waals surface area (Å²) < 4.78 is 27.8. The smallest absolute Gasteiger partial charge is 0.250 e. The number of nitrogens with zero attached hydrogens (tertiary/aromatic N) is 2. The number of fused-ring (bicyclic) bond motifs is 1. The van der Waals surface area contributed by atoms with Crippen LogP contribution >= 0.6 is 11.3 Å². The van der Waals surface area contributed by atoms with Gasteiger partial charge in [0.1, 0.15) is 10.0 Å². The minimum Gasteiger partial charge on any atom is -0.367 e. The number of anilines is 2. The normalized spacial score (nSPS) is 21.5. The second-order valence-electron chi connectivity index (χ2n) is 8.88. The van der Waals surface area contributed by atoms with E-state index in [1.165, 1.54) is 24.2 Å². The van der Waals surface area contributed by atoms with Crippen molar-refractivity contribution in [2.24, 2.45) is 11.8 Å². The first kappa shape index (κ1) is 21.6. The van der Waals surface area contributed by atoms with E-state index in [9.17, 15) is 8.42 Å². The first-order chi connectivity index (χ1) is 15.6. The molecule has 2 aliphatic rings. The van der Waals surface area contributed by atoms with E-state index >= 15 is 0 Å². The second-order valence-corrected chi connectivity index (χ2v) is 11.8. The van der Waals surface area contributed by atoms with Gasteiger partial charge in [0, 0.05) is 24.5 Å². The molecule has 170 valence electrons. The van der Waals surface area contributed by atoms with Crippen LogP contribution < -0.4 is 15.4 Å². The number of para-hydroxylation sites is 1. The van der Waals surface area contributed by atoms with Crippen LogP contribution in [0.3, 0.4) is 0 Å². The van der Waals surface area contributed by atoms with Crippen LogP contribution in [0.4, 0.5) is 11.8 Å². The highest BCUT2D eigenvalue weighted by Crippen LogP contribution is 2.31. The van der Waals surface area contributed by atoms with Crippen molar-refractivity contribution in [1.29, 1.82) is 0 Å². The Morgan fingerprint density at radius 3 is 2.38 bits per heavy atom. The fraction of sp³-hybridized carbons (Fsp3) is 0.478. The SMILES string of the molecule is O=S(=O)(NC[C@H]1CC[C@H](CNc2nc(NC3CC3)c3ccccc3n2)CC1)c1cccs1. The van der Waals surface area contributed by atoms with Gasteiger partial charge in [-0.1, -0.05) is 18.2 Å². The molecule has 2 fully saturated rings. The summed E-state index contributed by atoms with van der Waals surface area (Å²) in [5, 5.41) is 9.84. The Bertz CT molecular complexity index is 1150. The fourth-order valence-corrected chi connectivity index (χ4v) is 6.43. The molecule has 0 atom stereocenters. The molecule has 5 rings (SSSR count). The molecule has 7 nitrogen and oxygen atoms in total. The summed E-state index contributed by atoms with van der Waals surface area (Å²) in [6.45, 7) is 1.36. The van der Waals surface area contributed by atoms with Gasteiger partial charge in [-0.05, 0) is 73.9 Å². The third-order valence-electron chi connectivity index (χ3n) is 6.36. The third-order valence-corrected chi connectivity index (χ3v) is 9.18. The van der Waals surface area contributed by atoms with Crippen molar-refractivity contribution in [3.8, 4) is 0 Å². The van der Waals surface area contributed by atoms with Gasteiger partial charge in [0.25, 0.3) is 0 Å². The lowest BCUT2D eigenvalue weighted by Gasteiger charge is -2.28. The molecule has 0 aliphatic heterocycles. The van der Waals surface area contributed by atoms with Crippen molar-refractivity contribution < 1.29 is 8.42 Å². The number of aromatic nitrogens is 2. The number of thiophene rings is 1. The van der Waals surface area contributed by atoms with Crippen LogP contribution in [0.2, 0.25) is 0 Å². The summed E-state index contributed by atoms with van der Waals surface area (Å²) in [6.07, 6.45) is 6.64. The van der Waals surface area contributed by atoms with Crippen LogP contribution in [0.5, 0.6) is 0 Å². The van der Waals surface area contributed by atoms with Crippen molar-refractivity contribution in [2.45, 2.75) is 48.8 Å². The highest BCUT2D eigenvalue weighted by Gasteiger charge is 2.25. The third kappa shape index (κ3) is 5.22. The van der Waals surface area contributed by atoms with E-state index in [1.54, 1.807) is 17.5 Å². The first-order valence-corrected chi connectivity index (χ1v) is 13.7. The zero-order valence-electron chi connectivity index (χ0n) is 18.0. The molecule has 0 bridgehead atoms. The number of sulfonamides is 1. The molecule has 9 heteroatoms. The number of hydrogen-bond acceptors (Lipinski definition) is 7. The Balaban J connectivity index is 1.13. The molecule has 2 heterocycles. The minimum atomic E-state index is -3.37. The van der Waals surface area contributed by atoms with Crippen LogP contribution in [-0.4, -0.2) is 37.5 Å². The first-order valence-electron chi connectivity index (χ1n) is 11.4. The summed E-state index contributed by atoms with van der Waals surface area (Å²) in [7, 11) is -3.37. The summed E-state index contributed by atoms with van der Waals surface area (Å²) >= 11 is 1.25. The van der Waals surface area contributed by atoms with Gasteiger partial charge in [0.2, 0.25) is 16.0 Å². The average molecular weight is 472 g/mol. The van der Waals surface area contributed by atoms with Crippen molar-refractivity contribution >= 4 is 44.0 Å². The zero-order valence-corrected chi connectivity index (χ0v) is 19.6. The molecule has 0 saturated heterocycles. The van der Waals surface area contributed by atoms with Gasteiger partial charge in [0.15, 0.2) is 0 Å². The minimum absolute atomic E-state index is 0.390. The quantitative estimate of drug-likeness (QED) is 0.426. The Morgan fingerprint density at radius 1 is 0.906 bits per heavy atom. The van der Waals surface area contributed by atoms with Gasteiger partial charge in [-0.2, -0.15) is 4.98 Å². The monoisotopic (exact) mass is 471 g/mol. The lowest BCUT2D eigenvalue weighted by atomic mass is 9.82. The maximum atomic E-state index is 12.3. The summed E-state index contributed by atoms with van der Waals surface area (Å²) in [6, 6.07) is 12.1. The van der Waals surface area contributed by atoms with Crippen LogP contribution in [-0.2, 0) is 10.0 Å².